The molecule has 4 rings (SSSR count). The number of anilines is 3. The van der Waals surface area contributed by atoms with Crippen LogP contribution in [0, 0.1) is 0 Å². The largest absolute Gasteiger partial charge is 0.335 e. The molecule has 0 aliphatic carbocycles. The number of allylic oxidation sites excluding steroid dienone is 2. The number of hydrogen-bond acceptors (Lipinski definition) is 5. The molecule has 6 nitrogen and oxygen atoms in total. The van der Waals surface area contributed by atoms with Crippen molar-refractivity contribution in [1.29, 1.82) is 0 Å². The first-order valence-corrected chi connectivity index (χ1v) is 11.7. The Bertz CT molecular complexity index is 1140. The van der Waals surface area contributed by atoms with Crippen molar-refractivity contribution in [1.82, 2.24) is 4.90 Å². The van der Waals surface area contributed by atoms with E-state index in [0.717, 1.165) is 33.5 Å². The van der Waals surface area contributed by atoms with E-state index in [-0.39, 0.29) is 11.8 Å². The number of likely N-dealkylation sites (N-methyl/N-ethyl adjacent to an activating group) is 1. The Balaban J connectivity index is 1.70. The van der Waals surface area contributed by atoms with Crippen LogP contribution in [0.4, 0.5) is 17.1 Å². The Morgan fingerprint density at radius 3 is 2.44 bits per heavy atom. The second kappa shape index (κ2) is 9.18. The Hall–Kier alpha value is -3.10. The van der Waals surface area contributed by atoms with Crippen molar-refractivity contribution >= 4 is 58.0 Å². The first-order valence-electron chi connectivity index (χ1n) is 10.4. The first-order chi connectivity index (χ1) is 15.4. The second-order valence-electron chi connectivity index (χ2n) is 7.27. The van der Waals surface area contributed by atoms with Gasteiger partial charge in [0.2, 0.25) is 5.91 Å². The number of carbonyl (C=O) groups is 2. The fraction of sp³-hybridized carbons (Fsp3) is 0.208. The van der Waals surface area contributed by atoms with Gasteiger partial charge in [-0.25, -0.2) is 0 Å². The molecule has 2 aliphatic rings. The lowest BCUT2D eigenvalue weighted by molar-refractivity contribution is -0.122. The molecule has 2 heterocycles. The number of nitrogens with one attached hydrogen (secondary N) is 1. The smallest absolute Gasteiger partial charge is 0.277 e. The van der Waals surface area contributed by atoms with Gasteiger partial charge in [0.25, 0.3) is 5.91 Å². The van der Waals surface area contributed by atoms with Crippen LogP contribution in [0.1, 0.15) is 20.8 Å². The molecule has 2 aromatic rings. The molecule has 32 heavy (non-hydrogen) atoms. The minimum atomic E-state index is -0.102. The number of rotatable bonds is 5. The highest BCUT2D eigenvalue weighted by Gasteiger charge is 2.37. The fourth-order valence-corrected chi connectivity index (χ4v) is 5.37. The Kier molecular flexibility index (Phi) is 6.34. The van der Waals surface area contributed by atoms with Gasteiger partial charge in [-0.1, -0.05) is 30.0 Å². The molecule has 1 fully saturated rings. The topological polar surface area (TPSA) is 55.9 Å². The number of benzene rings is 2. The van der Waals surface area contributed by atoms with Crippen LogP contribution in [0.15, 0.2) is 76.3 Å². The predicted molar refractivity (Wildman–Crippen MR) is 135 cm³/mol. The molecule has 0 bridgehead atoms. The van der Waals surface area contributed by atoms with Crippen molar-refractivity contribution in [3.8, 4) is 0 Å². The number of para-hydroxylation sites is 1. The molecular weight excluding hydrogens is 440 g/mol. The Morgan fingerprint density at radius 1 is 1.06 bits per heavy atom. The first kappa shape index (κ1) is 22.1. The summed E-state index contributed by atoms with van der Waals surface area (Å²) in [4.78, 5) is 31.2. The molecule has 8 heteroatoms. The number of nitrogens with zero attached hydrogens (tertiary/aromatic N) is 3. The van der Waals surface area contributed by atoms with Crippen LogP contribution >= 0.6 is 24.0 Å². The van der Waals surface area contributed by atoms with Crippen molar-refractivity contribution in [2.75, 3.05) is 28.2 Å². The summed E-state index contributed by atoms with van der Waals surface area (Å²) < 4.78 is 0. The molecule has 0 saturated carbocycles. The Labute approximate surface area is 197 Å². The van der Waals surface area contributed by atoms with Gasteiger partial charge in [-0.05, 0) is 68.5 Å². The molecule has 1 saturated heterocycles. The van der Waals surface area contributed by atoms with E-state index >= 15 is 0 Å². The van der Waals surface area contributed by atoms with Gasteiger partial charge in [-0.15, -0.1) is 0 Å². The van der Waals surface area contributed by atoms with Crippen molar-refractivity contribution < 1.29 is 9.59 Å². The second-order valence-corrected chi connectivity index (χ2v) is 8.70. The molecule has 0 radical (unpaired) electrons. The third kappa shape index (κ3) is 4.03. The molecule has 0 atom stereocenters. The monoisotopic (exact) mass is 464 g/mol. The SMILES string of the molecule is CCN1C(=O)C(=CC=C2Sc3cc(NC(C)=O)ccc3N2CC)N(c2ccccc2)C1=S. The molecule has 2 aliphatic heterocycles. The van der Waals surface area contributed by atoms with Gasteiger partial charge < -0.3 is 10.2 Å². The standard InChI is InChI=1S/C24H24N4O2S2/c1-4-26-19-12-11-17(25-16(3)29)15-21(19)32-22(26)14-13-20-23(30)27(5-2)24(31)28(20)18-9-7-6-8-10-18/h6-15H,4-5H2,1-3H3,(H,25,29). The zero-order valence-corrected chi connectivity index (χ0v) is 19.8. The number of thioether (sulfide) groups is 1. The maximum absolute atomic E-state index is 13.1. The summed E-state index contributed by atoms with van der Waals surface area (Å²) in [5.74, 6) is -0.201. The normalized spacial score (nSPS) is 18.2. The van der Waals surface area contributed by atoms with Gasteiger partial charge in [0.15, 0.2) is 5.11 Å². The lowest BCUT2D eigenvalue weighted by atomic mass is 10.2. The molecule has 0 unspecified atom stereocenters. The van der Waals surface area contributed by atoms with E-state index in [4.69, 9.17) is 12.2 Å². The quantitative estimate of drug-likeness (QED) is 0.499. The molecule has 0 spiro atoms. The summed E-state index contributed by atoms with van der Waals surface area (Å²) >= 11 is 7.23. The van der Waals surface area contributed by atoms with E-state index in [1.54, 1.807) is 16.7 Å². The maximum Gasteiger partial charge on any atom is 0.277 e. The van der Waals surface area contributed by atoms with Crippen LogP contribution in [0.25, 0.3) is 0 Å². The predicted octanol–water partition coefficient (Wildman–Crippen LogP) is 4.96. The van der Waals surface area contributed by atoms with Gasteiger partial charge in [0, 0.05) is 36.3 Å². The van der Waals surface area contributed by atoms with Gasteiger partial charge >= 0.3 is 0 Å². The summed E-state index contributed by atoms with van der Waals surface area (Å²) in [7, 11) is 0. The molecule has 2 amide bonds. The zero-order chi connectivity index (χ0) is 22.8. The third-order valence-corrected chi connectivity index (χ3v) is 6.72. The van der Waals surface area contributed by atoms with E-state index in [1.807, 2.05) is 72.5 Å². The molecule has 0 aromatic heterocycles. The summed E-state index contributed by atoms with van der Waals surface area (Å²) in [5, 5.41) is 4.33. The van der Waals surface area contributed by atoms with Crippen LogP contribution in [-0.4, -0.2) is 34.9 Å². The minimum absolute atomic E-state index is 0.0991. The molecule has 164 valence electrons. The number of hydrogen-bond donors (Lipinski definition) is 1. The van der Waals surface area contributed by atoms with Crippen LogP contribution in [0.5, 0.6) is 0 Å². The number of fused-ring (bicyclic) bond motifs is 1. The summed E-state index contributed by atoms with van der Waals surface area (Å²) in [6, 6.07) is 15.6. The van der Waals surface area contributed by atoms with Crippen molar-refractivity contribution in [2.45, 2.75) is 25.7 Å². The highest BCUT2D eigenvalue weighted by molar-refractivity contribution is 8.03. The van der Waals surface area contributed by atoms with E-state index < -0.39 is 0 Å². The highest BCUT2D eigenvalue weighted by Crippen LogP contribution is 2.47. The maximum atomic E-state index is 13.1. The highest BCUT2D eigenvalue weighted by atomic mass is 32.2. The minimum Gasteiger partial charge on any atom is -0.335 e. The van der Waals surface area contributed by atoms with Crippen molar-refractivity contribution in [3.63, 3.8) is 0 Å². The van der Waals surface area contributed by atoms with Crippen LogP contribution < -0.4 is 15.1 Å². The van der Waals surface area contributed by atoms with Crippen LogP contribution in [0.3, 0.4) is 0 Å². The lowest BCUT2D eigenvalue weighted by Crippen LogP contribution is -2.32. The van der Waals surface area contributed by atoms with E-state index in [0.29, 0.717) is 17.4 Å². The lowest BCUT2D eigenvalue weighted by Gasteiger charge is -2.20. The average Bonchev–Trinajstić information content (AvgIpc) is 3.24. The summed E-state index contributed by atoms with van der Waals surface area (Å²) in [6.45, 7) is 6.80. The molecule has 1 N–H and O–H groups in total. The summed E-state index contributed by atoms with van der Waals surface area (Å²) in [5.41, 5.74) is 3.24. The number of amides is 2. The van der Waals surface area contributed by atoms with Gasteiger partial charge in [0.1, 0.15) is 5.70 Å². The summed E-state index contributed by atoms with van der Waals surface area (Å²) in [6.07, 6.45) is 3.82. The van der Waals surface area contributed by atoms with Gasteiger partial charge in [-0.2, -0.15) is 0 Å². The van der Waals surface area contributed by atoms with E-state index in [9.17, 15) is 9.59 Å². The van der Waals surface area contributed by atoms with E-state index in [1.165, 1.54) is 6.92 Å². The third-order valence-electron chi connectivity index (χ3n) is 5.21. The van der Waals surface area contributed by atoms with Crippen LogP contribution in [-0.2, 0) is 9.59 Å². The van der Waals surface area contributed by atoms with Crippen LogP contribution in [0.2, 0.25) is 0 Å². The number of thiocarbonyl (C=S) groups is 1. The van der Waals surface area contributed by atoms with Crippen molar-refractivity contribution in [2.24, 2.45) is 0 Å². The van der Waals surface area contributed by atoms with Crippen molar-refractivity contribution in [3.05, 3.63) is 71.4 Å². The number of carbonyl (C=O) groups excluding carboxylic acids is 2. The molecule has 2 aromatic carbocycles. The fourth-order valence-electron chi connectivity index (χ4n) is 3.78. The zero-order valence-electron chi connectivity index (χ0n) is 18.2. The van der Waals surface area contributed by atoms with E-state index in [2.05, 4.69) is 17.1 Å². The molecular formula is C24H24N4O2S2. The van der Waals surface area contributed by atoms with Gasteiger partial charge in [0.05, 0.1) is 10.7 Å². The Morgan fingerprint density at radius 2 is 1.78 bits per heavy atom. The average molecular weight is 465 g/mol. The van der Waals surface area contributed by atoms with Gasteiger partial charge in [-0.3, -0.25) is 19.4 Å².